The predicted molar refractivity (Wildman–Crippen MR) is 65.4 cm³/mol. The fourth-order valence-corrected chi connectivity index (χ4v) is 1.87. The first kappa shape index (κ1) is 12.3. The minimum Gasteiger partial charge on any atom is -0.327 e. The molecule has 1 aliphatic carbocycles. The normalized spacial score (nSPS) is 16.6. The second kappa shape index (κ2) is 5.02. The van der Waals surface area contributed by atoms with Gasteiger partial charge in [-0.05, 0) is 37.0 Å². The van der Waals surface area contributed by atoms with Crippen LogP contribution in [0.5, 0.6) is 0 Å². The van der Waals surface area contributed by atoms with Crippen molar-refractivity contribution in [2.24, 2.45) is 11.7 Å². The molecule has 0 radical (unpaired) electrons. The summed E-state index contributed by atoms with van der Waals surface area (Å²) in [6.07, 6.45) is 2.39. The fourth-order valence-electron chi connectivity index (χ4n) is 1.70. The number of benzene rings is 1. The van der Waals surface area contributed by atoms with Gasteiger partial charge in [-0.15, -0.1) is 0 Å². The van der Waals surface area contributed by atoms with Crippen LogP contribution in [-0.4, -0.2) is 11.9 Å². The molecule has 1 aromatic carbocycles. The largest absolute Gasteiger partial charge is 0.327 e. The molecule has 17 heavy (non-hydrogen) atoms. The second-order valence-corrected chi connectivity index (χ2v) is 4.81. The third kappa shape index (κ3) is 3.41. The number of carbonyl (C=O) groups excluding carboxylic acids is 1. The third-order valence-corrected chi connectivity index (χ3v) is 3.09. The molecule has 1 aliphatic rings. The molecule has 1 amide bonds. The van der Waals surface area contributed by atoms with Crippen molar-refractivity contribution in [3.63, 3.8) is 0 Å². The molecule has 0 saturated heterocycles. The van der Waals surface area contributed by atoms with Gasteiger partial charge in [0, 0.05) is 17.5 Å². The SMILES string of the molecule is NC(CC(=O)Nc1cc(Cl)ccc1F)C1CC1. The molecular weight excluding hydrogens is 243 g/mol. The molecule has 1 fully saturated rings. The zero-order valence-electron chi connectivity index (χ0n) is 9.25. The number of rotatable bonds is 4. The summed E-state index contributed by atoms with van der Waals surface area (Å²) >= 11 is 5.72. The Hall–Kier alpha value is -1.13. The van der Waals surface area contributed by atoms with Crippen molar-refractivity contribution in [1.29, 1.82) is 0 Å². The summed E-state index contributed by atoms with van der Waals surface area (Å²) in [6.45, 7) is 0. The van der Waals surface area contributed by atoms with Gasteiger partial charge in [0.15, 0.2) is 0 Å². The molecule has 0 heterocycles. The predicted octanol–water partition coefficient (Wildman–Crippen LogP) is 2.55. The molecule has 0 spiro atoms. The number of hydrogen-bond donors (Lipinski definition) is 2. The Kier molecular flexibility index (Phi) is 3.64. The van der Waals surface area contributed by atoms with Crippen LogP contribution < -0.4 is 11.1 Å². The molecule has 1 atom stereocenters. The summed E-state index contributed by atoms with van der Waals surface area (Å²) in [5.41, 5.74) is 5.92. The van der Waals surface area contributed by atoms with Gasteiger partial charge in [-0.25, -0.2) is 4.39 Å². The van der Waals surface area contributed by atoms with E-state index in [1.165, 1.54) is 18.2 Å². The van der Waals surface area contributed by atoms with Crippen molar-refractivity contribution in [3.8, 4) is 0 Å². The van der Waals surface area contributed by atoms with E-state index >= 15 is 0 Å². The van der Waals surface area contributed by atoms with Crippen LogP contribution in [0.3, 0.4) is 0 Å². The maximum atomic E-state index is 13.3. The van der Waals surface area contributed by atoms with Gasteiger partial charge in [0.2, 0.25) is 5.91 Å². The van der Waals surface area contributed by atoms with Gasteiger partial charge >= 0.3 is 0 Å². The maximum absolute atomic E-state index is 13.3. The van der Waals surface area contributed by atoms with Crippen LogP contribution in [0.2, 0.25) is 5.02 Å². The van der Waals surface area contributed by atoms with E-state index < -0.39 is 5.82 Å². The van der Waals surface area contributed by atoms with E-state index in [2.05, 4.69) is 5.32 Å². The quantitative estimate of drug-likeness (QED) is 0.870. The summed E-state index contributed by atoms with van der Waals surface area (Å²) in [6, 6.07) is 3.91. The van der Waals surface area contributed by atoms with Crippen LogP contribution >= 0.6 is 11.6 Å². The Bertz CT molecular complexity index is 435. The molecule has 0 aliphatic heterocycles. The number of hydrogen-bond acceptors (Lipinski definition) is 2. The number of halogens is 2. The van der Waals surface area contributed by atoms with Crippen molar-refractivity contribution in [2.75, 3.05) is 5.32 Å². The zero-order valence-corrected chi connectivity index (χ0v) is 10.0. The third-order valence-electron chi connectivity index (χ3n) is 2.85. The molecular formula is C12H14ClFN2O. The summed E-state index contributed by atoms with van der Waals surface area (Å²) in [4.78, 5) is 11.6. The molecule has 5 heteroatoms. The van der Waals surface area contributed by atoms with Crippen LogP contribution in [0.4, 0.5) is 10.1 Å². The Morgan fingerprint density at radius 3 is 2.94 bits per heavy atom. The van der Waals surface area contributed by atoms with E-state index in [4.69, 9.17) is 17.3 Å². The molecule has 3 nitrogen and oxygen atoms in total. The Labute approximate surface area is 104 Å². The Morgan fingerprint density at radius 2 is 2.29 bits per heavy atom. The molecule has 1 aromatic rings. The first-order valence-electron chi connectivity index (χ1n) is 5.57. The summed E-state index contributed by atoms with van der Waals surface area (Å²) < 4.78 is 13.3. The van der Waals surface area contributed by atoms with Crippen LogP contribution in [0.15, 0.2) is 18.2 Å². The smallest absolute Gasteiger partial charge is 0.226 e. The summed E-state index contributed by atoms with van der Waals surface area (Å²) in [7, 11) is 0. The van der Waals surface area contributed by atoms with Crippen LogP contribution in [0.1, 0.15) is 19.3 Å². The molecule has 1 unspecified atom stereocenters. The highest BCUT2D eigenvalue weighted by Crippen LogP contribution is 2.33. The van der Waals surface area contributed by atoms with Crippen molar-refractivity contribution in [3.05, 3.63) is 29.0 Å². The van der Waals surface area contributed by atoms with Gasteiger partial charge < -0.3 is 11.1 Å². The van der Waals surface area contributed by atoms with Gasteiger partial charge in [0.1, 0.15) is 5.82 Å². The highest BCUT2D eigenvalue weighted by molar-refractivity contribution is 6.30. The first-order valence-corrected chi connectivity index (χ1v) is 5.94. The van der Waals surface area contributed by atoms with Crippen LogP contribution in [0.25, 0.3) is 0 Å². The van der Waals surface area contributed by atoms with E-state index in [1.807, 2.05) is 0 Å². The lowest BCUT2D eigenvalue weighted by atomic mass is 10.1. The lowest BCUT2D eigenvalue weighted by Crippen LogP contribution is -2.29. The van der Waals surface area contributed by atoms with Gasteiger partial charge in [-0.3, -0.25) is 4.79 Å². The van der Waals surface area contributed by atoms with Crippen LogP contribution in [0, 0.1) is 11.7 Å². The monoisotopic (exact) mass is 256 g/mol. The molecule has 0 aromatic heterocycles. The van der Waals surface area contributed by atoms with Crippen molar-refractivity contribution in [1.82, 2.24) is 0 Å². The number of anilines is 1. The topological polar surface area (TPSA) is 55.1 Å². The number of nitrogens with one attached hydrogen (secondary N) is 1. The lowest BCUT2D eigenvalue weighted by Gasteiger charge is -2.11. The zero-order chi connectivity index (χ0) is 12.4. The van der Waals surface area contributed by atoms with Gasteiger partial charge in [-0.1, -0.05) is 11.6 Å². The van der Waals surface area contributed by atoms with Crippen molar-refractivity contribution < 1.29 is 9.18 Å². The summed E-state index contributed by atoms with van der Waals surface area (Å²) in [5, 5.41) is 2.87. The molecule has 0 bridgehead atoms. The highest BCUT2D eigenvalue weighted by Gasteiger charge is 2.29. The van der Waals surface area contributed by atoms with E-state index in [1.54, 1.807) is 0 Å². The van der Waals surface area contributed by atoms with Crippen molar-refractivity contribution >= 4 is 23.2 Å². The van der Waals surface area contributed by atoms with E-state index in [9.17, 15) is 9.18 Å². The fraction of sp³-hybridized carbons (Fsp3) is 0.417. The first-order chi connectivity index (χ1) is 8.06. The number of nitrogens with two attached hydrogens (primary N) is 1. The minimum atomic E-state index is -0.497. The summed E-state index contributed by atoms with van der Waals surface area (Å²) in [5.74, 6) is -0.321. The standard InChI is InChI=1S/C12H14ClFN2O/c13-8-3-4-9(14)11(5-8)16-12(17)6-10(15)7-1-2-7/h3-5,7,10H,1-2,6,15H2,(H,16,17). The molecule has 2 rings (SSSR count). The average molecular weight is 257 g/mol. The Morgan fingerprint density at radius 1 is 1.59 bits per heavy atom. The molecule has 92 valence electrons. The van der Waals surface area contributed by atoms with Gasteiger partial charge in [0.05, 0.1) is 5.69 Å². The van der Waals surface area contributed by atoms with Crippen LogP contribution in [-0.2, 0) is 4.79 Å². The van der Waals surface area contributed by atoms with Crippen molar-refractivity contribution in [2.45, 2.75) is 25.3 Å². The molecule has 3 N–H and O–H groups in total. The van der Waals surface area contributed by atoms with Gasteiger partial charge in [-0.2, -0.15) is 0 Å². The Balaban J connectivity index is 1.94. The minimum absolute atomic E-state index is 0.102. The average Bonchev–Trinajstić information content (AvgIpc) is 3.06. The van der Waals surface area contributed by atoms with E-state index in [0.717, 1.165) is 12.8 Å². The second-order valence-electron chi connectivity index (χ2n) is 4.38. The highest BCUT2D eigenvalue weighted by atomic mass is 35.5. The number of amides is 1. The maximum Gasteiger partial charge on any atom is 0.226 e. The lowest BCUT2D eigenvalue weighted by molar-refractivity contribution is -0.116. The van der Waals surface area contributed by atoms with E-state index in [0.29, 0.717) is 10.9 Å². The number of carbonyl (C=O) groups is 1. The van der Waals surface area contributed by atoms with Gasteiger partial charge in [0.25, 0.3) is 0 Å². The molecule has 1 saturated carbocycles. The van der Waals surface area contributed by atoms with E-state index in [-0.39, 0.29) is 24.1 Å².